The zero-order chi connectivity index (χ0) is 17.5. The van der Waals surface area contributed by atoms with E-state index in [1.165, 1.54) is 0 Å². The summed E-state index contributed by atoms with van der Waals surface area (Å²) in [5.74, 6) is 1.67. The SMILES string of the molecule is O=C(c1ccc2ncsc2c1)N1CCC2CCN(c3ccncn3)CC21. The van der Waals surface area contributed by atoms with E-state index in [9.17, 15) is 4.79 Å². The van der Waals surface area contributed by atoms with Crippen molar-refractivity contribution < 1.29 is 4.79 Å². The van der Waals surface area contributed by atoms with Crippen molar-refractivity contribution in [2.24, 2.45) is 5.92 Å². The Hall–Kier alpha value is -2.54. The van der Waals surface area contributed by atoms with E-state index in [0.717, 1.165) is 54.1 Å². The molecule has 0 saturated carbocycles. The number of thiazole rings is 1. The van der Waals surface area contributed by atoms with E-state index in [4.69, 9.17) is 0 Å². The number of piperidine rings is 1. The van der Waals surface area contributed by atoms with Crippen LogP contribution in [0.15, 0.2) is 42.3 Å². The Morgan fingerprint density at radius 2 is 2.08 bits per heavy atom. The molecule has 26 heavy (non-hydrogen) atoms. The van der Waals surface area contributed by atoms with Crippen LogP contribution in [0.1, 0.15) is 23.2 Å². The number of nitrogens with zero attached hydrogens (tertiary/aromatic N) is 5. The number of fused-ring (bicyclic) bond motifs is 2. The molecule has 2 aliphatic heterocycles. The van der Waals surface area contributed by atoms with Crippen LogP contribution in [0.25, 0.3) is 10.2 Å². The first-order chi connectivity index (χ1) is 12.8. The molecule has 2 aromatic heterocycles. The van der Waals surface area contributed by atoms with E-state index < -0.39 is 0 Å². The third kappa shape index (κ3) is 2.63. The maximum atomic E-state index is 13.2. The maximum absolute atomic E-state index is 13.2. The van der Waals surface area contributed by atoms with Crippen LogP contribution >= 0.6 is 11.3 Å². The molecule has 2 unspecified atom stereocenters. The molecule has 2 saturated heterocycles. The first kappa shape index (κ1) is 15.7. The lowest BCUT2D eigenvalue weighted by Gasteiger charge is -2.39. The summed E-state index contributed by atoms with van der Waals surface area (Å²) < 4.78 is 1.07. The van der Waals surface area contributed by atoms with Gasteiger partial charge in [-0.15, -0.1) is 11.3 Å². The van der Waals surface area contributed by atoms with Crippen LogP contribution in [-0.2, 0) is 0 Å². The van der Waals surface area contributed by atoms with Gasteiger partial charge in [-0.25, -0.2) is 15.0 Å². The Labute approximate surface area is 155 Å². The van der Waals surface area contributed by atoms with E-state index in [1.807, 2.05) is 29.8 Å². The highest BCUT2D eigenvalue weighted by atomic mass is 32.1. The van der Waals surface area contributed by atoms with Crippen molar-refractivity contribution in [3.8, 4) is 0 Å². The smallest absolute Gasteiger partial charge is 0.254 e. The number of anilines is 1. The topological polar surface area (TPSA) is 62.2 Å². The molecule has 2 fully saturated rings. The largest absolute Gasteiger partial charge is 0.354 e. The number of likely N-dealkylation sites (tertiary alicyclic amines) is 1. The summed E-state index contributed by atoms with van der Waals surface area (Å²) in [7, 11) is 0. The van der Waals surface area contributed by atoms with Gasteiger partial charge < -0.3 is 9.80 Å². The van der Waals surface area contributed by atoms with Crippen LogP contribution in [0.2, 0.25) is 0 Å². The molecule has 0 aliphatic carbocycles. The van der Waals surface area contributed by atoms with Crippen LogP contribution in [0, 0.1) is 5.92 Å². The molecule has 0 bridgehead atoms. The molecule has 3 aromatic rings. The monoisotopic (exact) mass is 365 g/mol. The fourth-order valence-electron chi connectivity index (χ4n) is 4.23. The minimum absolute atomic E-state index is 0.136. The first-order valence-corrected chi connectivity index (χ1v) is 9.83. The fourth-order valence-corrected chi connectivity index (χ4v) is 4.94. The Morgan fingerprint density at radius 3 is 2.96 bits per heavy atom. The molecule has 4 heterocycles. The van der Waals surface area contributed by atoms with Gasteiger partial charge in [-0.3, -0.25) is 4.79 Å². The van der Waals surface area contributed by atoms with Crippen molar-refractivity contribution in [2.75, 3.05) is 24.5 Å². The highest BCUT2D eigenvalue weighted by Crippen LogP contribution is 2.34. The lowest BCUT2D eigenvalue weighted by Crippen LogP contribution is -2.50. The number of carbonyl (C=O) groups is 1. The third-order valence-corrected chi connectivity index (χ3v) is 6.38. The Kier molecular flexibility index (Phi) is 3.81. The Bertz CT molecular complexity index is 943. The molecule has 0 radical (unpaired) electrons. The van der Waals surface area contributed by atoms with Crippen LogP contribution in [-0.4, -0.2) is 51.4 Å². The quantitative estimate of drug-likeness (QED) is 0.699. The van der Waals surface area contributed by atoms with E-state index >= 15 is 0 Å². The molecular weight excluding hydrogens is 346 g/mol. The molecule has 1 aromatic carbocycles. The van der Waals surface area contributed by atoms with Crippen molar-refractivity contribution in [1.82, 2.24) is 19.9 Å². The summed E-state index contributed by atoms with van der Waals surface area (Å²) in [6.07, 6.45) is 5.56. The van der Waals surface area contributed by atoms with Crippen LogP contribution < -0.4 is 4.90 Å². The van der Waals surface area contributed by atoms with Crippen LogP contribution in [0.4, 0.5) is 5.82 Å². The van der Waals surface area contributed by atoms with E-state index in [1.54, 1.807) is 23.9 Å². The number of hydrogen-bond acceptors (Lipinski definition) is 6. The van der Waals surface area contributed by atoms with Crippen LogP contribution in [0.5, 0.6) is 0 Å². The number of aromatic nitrogens is 3. The van der Waals surface area contributed by atoms with Crippen LogP contribution in [0.3, 0.4) is 0 Å². The Morgan fingerprint density at radius 1 is 1.15 bits per heavy atom. The number of rotatable bonds is 2. The lowest BCUT2D eigenvalue weighted by molar-refractivity contribution is 0.0712. The van der Waals surface area contributed by atoms with Gasteiger partial charge in [0.1, 0.15) is 12.1 Å². The second-order valence-electron chi connectivity index (χ2n) is 6.95. The zero-order valence-corrected chi connectivity index (χ0v) is 15.1. The van der Waals surface area contributed by atoms with E-state index in [0.29, 0.717) is 5.92 Å². The molecule has 2 atom stereocenters. The zero-order valence-electron chi connectivity index (χ0n) is 14.3. The second kappa shape index (κ2) is 6.32. The highest BCUT2D eigenvalue weighted by molar-refractivity contribution is 7.16. The molecular formula is C19H19N5OS. The first-order valence-electron chi connectivity index (χ1n) is 8.95. The highest BCUT2D eigenvalue weighted by Gasteiger charge is 2.41. The van der Waals surface area contributed by atoms with Gasteiger partial charge in [0.15, 0.2) is 0 Å². The van der Waals surface area contributed by atoms with Gasteiger partial charge in [0, 0.05) is 31.4 Å². The molecule has 6 nitrogen and oxygen atoms in total. The van der Waals surface area contributed by atoms with Crippen molar-refractivity contribution in [3.63, 3.8) is 0 Å². The number of carbonyl (C=O) groups excluding carboxylic acids is 1. The van der Waals surface area contributed by atoms with Crippen molar-refractivity contribution in [1.29, 1.82) is 0 Å². The minimum Gasteiger partial charge on any atom is -0.354 e. The summed E-state index contributed by atoms with van der Waals surface area (Å²) >= 11 is 1.58. The predicted molar refractivity (Wildman–Crippen MR) is 101 cm³/mol. The third-order valence-electron chi connectivity index (χ3n) is 5.59. The van der Waals surface area contributed by atoms with Gasteiger partial charge in [0.05, 0.1) is 21.8 Å². The predicted octanol–water partition coefficient (Wildman–Crippen LogP) is 2.83. The minimum atomic E-state index is 0.136. The summed E-state index contributed by atoms with van der Waals surface area (Å²) in [5.41, 5.74) is 3.55. The summed E-state index contributed by atoms with van der Waals surface area (Å²) in [6, 6.07) is 8.03. The summed E-state index contributed by atoms with van der Waals surface area (Å²) in [6.45, 7) is 2.68. The van der Waals surface area contributed by atoms with Crippen molar-refractivity contribution >= 4 is 33.3 Å². The molecule has 0 spiro atoms. The average molecular weight is 365 g/mol. The maximum Gasteiger partial charge on any atom is 0.254 e. The average Bonchev–Trinajstić information content (AvgIpc) is 3.33. The molecule has 2 aliphatic rings. The van der Waals surface area contributed by atoms with Gasteiger partial charge >= 0.3 is 0 Å². The Balaban J connectivity index is 1.39. The van der Waals surface area contributed by atoms with Gasteiger partial charge in [0.25, 0.3) is 5.91 Å². The molecule has 0 N–H and O–H groups in total. The normalized spacial score (nSPS) is 22.6. The van der Waals surface area contributed by atoms with Gasteiger partial charge in [-0.1, -0.05) is 0 Å². The summed E-state index contributed by atoms with van der Waals surface area (Å²) in [5, 5.41) is 0. The standard InChI is InChI=1S/C19H19N5OS/c25-19(14-1-2-15-17(9-14)26-12-22-15)24-8-5-13-4-7-23(10-16(13)24)18-3-6-20-11-21-18/h1-3,6,9,11-13,16H,4-5,7-8,10H2. The molecule has 132 valence electrons. The van der Waals surface area contributed by atoms with Crippen molar-refractivity contribution in [2.45, 2.75) is 18.9 Å². The molecule has 5 rings (SSSR count). The number of hydrogen-bond donors (Lipinski definition) is 0. The lowest BCUT2D eigenvalue weighted by atomic mass is 9.92. The summed E-state index contributed by atoms with van der Waals surface area (Å²) in [4.78, 5) is 30.2. The number of amides is 1. The van der Waals surface area contributed by atoms with Crippen molar-refractivity contribution in [3.05, 3.63) is 47.9 Å². The van der Waals surface area contributed by atoms with Gasteiger partial charge in [-0.2, -0.15) is 0 Å². The second-order valence-corrected chi connectivity index (χ2v) is 7.84. The van der Waals surface area contributed by atoms with E-state index in [2.05, 4.69) is 24.8 Å². The van der Waals surface area contributed by atoms with Gasteiger partial charge in [-0.05, 0) is 43.0 Å². The molecule has 7 heteroatoms. The molecule has 1 amide bonds. The van der Waals surface area contributed by atoms with E-state index in [-0.39, 0.29) is 11.9 Å². The fraction of sp³-hybridized carbons (Fsp3) is 0.368. The van der Waals surface area contributed by atoms with Gasteiger partial charge in [0.2, 0.25) is 0 Å². The number of benzene rings is 1.